The molecule has 0 fully saturated rings. The average molecular weight is 501 g/mol. The Morgan fingerprint density at radius 1 is 1.12 bits per heavy atom. The summed E-state index contributed by atoms with van der Waals surface area (Å²) in [5.74, 6) is 1.09. The third-order valence-corrected chi connectivity index (χ3v) is 7.48. The van der Waals surface area contributed by atoms with Crippen LogP contribution in [0.15, 0.2) is 29.3 Å². The number of hydrogen-bond donors (Lipinski definition) is 1. The summed E-state index contributed by atoms with van der Waals surface area (Å²) < 4.78 is 7.53. The molecule has 3 aromatic rings. The molecule has 34 heavy (non-hydrogen) atoms. The van der Waals surface area contributed by atoms with Crippen molar-refractivity contribution in [3.05, 3.63) is 62.5 Å². The first-order valence-corrected chi connectivity index (χ1v) is 12.7. The zero-order valence-electron chi connectivity index (χ0n) is 19.7. The third kappa shape index (κ3) is 5.09. The van der Waals surface area contributed by atoms with Crippen molar-refractivity contribution in [2.24, 2.45) is 4.99 Å². The number of unbranched alkanes of at least 4 members (excludes halogenated alkanes) is 3. The van der Waals surface area contributed by atoms with E-state index in [1.165, 1.54) is 4.88 Å². The van der Waals surface area contributed by atoms with E-state index >= 15 is 0 Å². The zero-order chi connectivity index (χ0) is 24.2. The van der Waals surface area contributed by atoms with Crippen LogP contribution in [0.4, 0.5) is 0 Å². The topological polar surface area (TPSA) is 89.6 Å². The molecule has 0 radical (unpaired) electrons. The summed E-state index contributed by atoms with van der Waals surface area (Å²) in [5.41, 5.74) is 3.94. The largest absolute Gasteiger partial charge is 0.466 e. The lowest BCUT2D eigenvalue weighted by atomic mass is 9.99. The van der Waals surface area contributed by atoms with Crippen molar-refractivity contribution in [1.29, 1.82) is 0 Å². The summed E-state index contributed by atoms with van der Waals surface area (Å²) in [4.78, 5) is 19.0. The number of rotatable bonds is 9. The lowest BCUT2D eigenvalue weighted by Crippen LogP contribution is -2.14. The van der Waals surface area contributed by atoms with E-state index in [0.717, 1.165) is 58.9 Å². The van der Waals surface area contributed by atoms with Crippen LogP contribution in [-0.2, 0) is 9.53 Å². The molecular weight excluding hydrogens is 472 g/mol. The number of aliphatic hydroxyl groups is 1. The second-order valence-electron chi connectivity index (χ2n) is 8.47. The van der Waals surface area contributed by atoms with Gasteiger partial charge in [-0.15, -0.1) is 21.5 Å². The van der Waals surface area contributed by atoms with Crippen molar-refractivity contribution < 1.29 is 14.6 Å². The molecule has 1 N–H and O–H groups in total. The van der Waals surface area contributed by atoms with Crippen LogP contribution >= 0.6 is 22.9 Å². The maximum atomic E-state index is 12.7. The number of halogens is 1. The highest BCUT2D eigenvalue weighted by atomic mass is 35.5. The van der Waals surface area contributed by atoms with Crippen LogP contribution < -0.4 is 0 Å². The predicted octanol–water partition coefficient (Wildman–Crippen LogP) is 5.29. The van der Waals surface area contributed by atoms with E-state index in [2.05, 4.69) is 24.0 Å². The number of aliphatic hydroxyl groups excluding tert-OH is 1. The van der Waals surface area contributed by atoms with Gasteiger partial charge in [0.15, 0.2) is 5.82 Å². The monoisotopic (exact) mass is 500 g/mol. The number of thiophene rings is 1. The number of fused-ring (bicyclic) bond motifs is 3. The first kappa shape index (κ1) is 24.6. The van der Waals surface area contributed by atoms with E-state index in [1.54, 1.807) is 11.3 Å². The highest BCUT2D eigenvalue weighted by Crippen LogP contribution is 2.39. The molecule has 1 atom stereocenters. The number of carbonyl (C=O) groups excluding carboxylic acids is 1. The minimum Gasteiger partial charge on any atom is -0.466 e. The van der Waals surface area contributed by atoms with E-state index < -0.39 is 6.04 Å². The van der Waals surface area contributed by atoms with Gasteiger partial charge < -0.3 is 9.84 Å². The van der Waals surface area contributed by atoms with Gasteiger partial charge in [0.1, 0.15) is 16.9 Å². The summed E-state index contributed by atoms with van der Waals surface area (Å²) >= 11 is 7.83. The highest BCUT2D eigenvalue weighted by molar-refractivity contribution is 7.15. The molecule has 0 bridgehead atoms. The Morgan fingerprint density at radius 3 is 2.59 bits per heavy atom. The minimum absolute atomic E-state index is 0.0822. The quantitative estimate of drug-likeness (QED) is 0.318. The van der Waals surface area contributed by atoms with Crippen LogP contribution in [0.2, 0.25) is 5.02 Å². The fourth-order valence-corrected chi connectivity index (χ4v) is 5.44. The third-order valence-electron chi connectivity index (χ3n) is 6.03. The summed E-state index contributed by atoms with van der Waals surface area (Å²) in [5, 5.41) is 19.3. The van der Waals surface area contributed by atoms with Gasteiger partial charge in [0, 0.05) is 27.6 Å². The van der Waals surface area contributed by atoms with Gasteiger partial charge in [0.25, 0.3) is 0 Å². The van der Waals surface area contributed by atoms with Crippen molar-refractivity contribution in [3.8, 4) is 5.00 Å². The Balaban J connectivity index is 1.67. The Bertz CT molecular complexity index is 1200. The molecule has 1 aliphatic rings. The molecule has 0 spiro atoms. The Kier molecular flexibility index (Phi) is 7.80. The molecule has 0 saturated carbocycles. The molecule has 7 nitrogen and oxygen atoms in total. The van der Waals surface area contributed by atoms with Crippen LogP contribution in [-0.4, -0.2) is 44.8 Å². The Hall–Kier alpha value is -2.55. The minimum atomic E-state index is -0.520. The number of hydrogen-bond acceptors (Lipinski definition) is 7. The van der Waals surface area contributed by atoms with Crippen LogP contribution in [0.5, 0.6) is 0 Å². The molecule has 0 unspecified atom stereocenters. The van der Waals surface area contributed by atoms with Crippen LogP contribution in [0.3, 0.4) is 0 Å². The smallest absolute Gasteiger partial charge is 0.308 e. The summed E-state index contributed by atoms with van der Waals surface area (Å²) in [6.07, 6.45) is 3.48. The normalized spacial score (nSPS) is 14.9. The van der Waals surface area contributed by atoms with Gasteiger partial charge in [0.05, 0.1) is 18.7 Å². The average Bonchev–Trinajstić information content (AvgIpc) is 3.29. The van der Waals surface area contributed by atoms with Crippen molar-refractivity contribution >= 4 is 34.6 Å². The maximum Gasteiger partial charge on any atom is 0.308 e. The van der Waals surface area contributed by atoms with E-state index in [4.69, 9.17) is 26.4 Å². The molecule has 9 heteroatoms. The second kappa shape index (κ2) is 10.8. The van der Waals surface area contributed by atoms with Crippen molar-refractivity contribution in [1.82, 2.24) is 14.8 Å². The van der Waals surface area contributed by atoms with Crippen LogP contribution in [0.25, 0.3) is 5.00 Å². The number of nitrogens with zero attached hydrogens (tertiary/aromatic N) is 4. The number of aliphatic imine (C=N–C) groups is 1. The molecule has 4 rings (SSSR count). The highest BCUT2D eigenvalue weighted by Gasteiger charge is 2.32. The Labute approximate surface area is 208 Å². The number of aromatic nitrogens is 3. The predicted molar refractivity (Wildman–Crippen MR) is 134 cm³/mol. The first-order valence-electron chi connectivity index (χ1n) is 11.5. The maximum absolute atomic E-state index is 12.7. The summed E-state index contributed by atoms with van der Waals surface area (Å²) in [6.45, 7) is 6.67. The van der Waals surface area contributed by atoms with Crippen LogP contribution in [0, 0.1) is 20.8 Å². The van der Waals surface area contributed by atoms with Crippen molar-refractivity contribution in [2.75, 3.05) is 13.2 Å². The SMILES string of the molecule is Cc1sc2c(c1C)C(c1ccc(Cl)cc1)=N[C@H](CC(=O)OCCCCCCO)c1nnc(C)n1-2. The molecule has 2 aromatic heterocycles. The van der Waals surface area contributed by atoms with E-state index in [0.29, 0.717) is 17.5 Å². The number of benzene rings is 1. The molecule has 0 aliphatic carbocycles. The van der Waals surface area contributed by atoms with Crippen molar-refractivity contribution in [3.63, 3.8) is 0 Å². The molecule has 1 aliphatic heterocycles. The van der Waals surface area contributed by atoms with Gasteiger partial charge in [0.2, 0.25) is 0 Å². The molecule has 3 heterocycles. The van der Waals surface area contributed by atoms with Gasteiger partial charge in [-0.05, 0) is 57.7 Å². The van der Waals surface area contributed by atoms with E-state index in [9.17, 15) is 4.79 Å². The Morgan fingerprint density at radius 2 is 1.85 bits per heavy atom. The number of aryl methyl sites for hydroxylation is 2. The van der Waals surface area contributed by atoms with E-state index in [1.807, 2.05) is 35.8 Å². The molecule has 1 aromatic carbocycles. The van der Waals surface area contributed by atoms with Gasteiger partial charge in [-0.25, -0.2) is 0 Å². The van der Waals surface area contributed by atoms with Gasteiger partial charge in [-0.3, -0.25) is 14.4 Å². The lowest BCUT2D eigenvalue weighted by molar-refractivity contribution is -0.144. The number of carbonyl (C=O) groups is 1. The summed E-state index contributed by atoms with van der Waals surface area (Å²) in [6, 6.07) is 7.10. The fraction of sp³-hybridized carbons (Fsp3) is 0.440. The molecular formula is C25H29ClN4O3S. The number of esters is 1. The van der Waals surface area contributed by atoms with Crippen LogP contribution in [0.1, 0.15) is 71.4 Å². The standard InChI is InChI=1S/C25H29ClN4O3S/c1-15-16(2)34-25-22(15)23(18-8-10-19(26)11-9-18)27-20(24-29-28-17(3)30(24)25)14-21(32)33-13-7-5-4-6-12-31/h8-11,20,31H,4-7,12-14H2,1-3H3/t20-/m1/s1. The number of ether oxygens (including phenoxy) is 1. The lowest BCUT2D eigenvalue weighted by Gasteiger charge is -2.13. The van der Waals surface area contributed by atoms with Gasteiger partial charge in [-0.2, -0.15) is 0 Å². The van der Waals surface area contributed by atoms with Gasteiger partial charge in [-0.1, -0.05) is 30.2 Å². The molecule has 0 saturated heterocycles. The second-order valence-corrected chi connectivity index (χ2v) is 10.1. The fourth-order valence-electron chi connectivity index (χ4n) is 4.10. The van der Waals surface area contributed by atoms with Gasteiger partial charge >= 0.3 is 5.97 Å². The summed E-state index contributed by atoms with van der Waals surface area (Å²) in [7, 11) is 0. The first-order chi connectivity index (χ1) is 16.4. The zero-order valence-corrected chi connectivity index (χ0v) is 21.2. The molecule has 180 valence electrons. The van der Waals surface area contributed by atoms with E-state index in [-0.39, 0.29) is 19.0 Å². The molecule has 0 amide bonds. The van der Waals surface area contributed by atoms with Crippen molar-refractivity contribution in [2.45, 2.75) is 58.9 Å².